The third-order valence-corrected chi connectivity index (χ3v) is 5.50. The lowest BCUT2D eigenvalue weighted by Gasteiger charge is -2.20. The minimum Gasteiger partial charge on any atom is -0.331 e. The number of rotatable bonds is 10. The molecule has 0 radical (unpaired) electrons. The first-order valence-corrected chi connectivity index (χ1v) is 11.5. The maximum absolute atomic E-state index is 12.6. The first-order chi connectivity index (χ1) is 17.0. The van der Waals surface area contributed by atoms with Crippen molar-refractivity contribution in [1.29, 1.82) is 0 Å². The van der Waals surface area contributed by atoms with Crippen molar-refractivity contribution < 1.29 is 19.6 Å². The molecule has 0 saturated heterocycles. The predicted molar refractivity (Wildman–Crippen MR) is 135 cm³/mol. The third kappa shape index (κ3) is 8.57. The highest BCUT2D eigenvalue weighted by Crippen LogP contribution is 2.21. The zero-order valence-electron chi connectivity index (χ0n) is 19.3. The quantitative estimate of drug-likeness (QED) is 0.147. The van der Waals surface area contributed by atoms with E-state index in [1.807, 2.05) is 42.5 Å². The Labute approximate surface area is 204 Å². The summed E-state index contributed by atoms with van der Waals surface area (Å²) in [6.45, 7) is 0. The van der Waals surface area contributed by atoms with E-state index in [0.29, 0.717) is 12.0 Å². The number of carbonyl (C=O) groups is 3. The Bertz CT molecular complexity index is 1130. The number of nitrogens with one attached hydrogen (secondary N) is 3. The summed E-state index contributed by atoms with van der Waals surface area (Å²) >= 11 is 0. The molecule has 180 valence electrons. The number of imide groups is 1. The third-order valence-electron chi connectivity index (χ3n) is 5.50. The molecule has 3 aromatic carbocycles. The summed E-state index contributed by atoms with van der Waals surface area (Å²) in [4.78, 5) is 36.2. The average molecular weight is 472 g/mol. The molecule has 0 aliphatic heterocycles. The SMILES string of the molecule is O=C(C=Cc1ccc(C(CCCCc2ccccc2)NC(=O)NC(=O)c2ccccc2)cc1)NO. The van der Waals surface area contributed by atoms with Crippen LogP contribution in [0.5, 0.6) is 0 Å². The predicted octanol–water partition coefficient (Wildman–Crippen LogP) is 4.80. The van der Waals surface area contributed by atoms with Gasteiger partial charge in [-0.15, -0.1) is 0 Å². The van der Waals surface area contributed by atoms with Crippen LogP contribution in [0.1, 0.15) is 52.4 Å². The molecule has 3 rings (SSSR count). The maximum atomic E-state index is 12.6. The van der Waals surface area contributed by atoms with Gasteiger partial charge in [0, 0.05) is 11.6 Å². The second kappa shape index (κ2) is 13.5. The molecule has 0 spiro atoms. The number of hydrogen-bond donors (Lipinski definition) is 4. The van der Waals surface area contributed by atoms with Gasteiger partial charge in [0.15, 0.2) is 0 Å². The van der Waals surface area contributed by atoms with Gasteiger partial charge in [-0.2, -0.15) is 0 Å². The fourth-order valence-corrected chi connectivity index (χ4v) is 3.65. The molecule has 0 saturated carbocycles. The number of amides is 4. The van der Waals surface area contributed by atoms with E-state index < -0.39 is 17.8 Å². The fourth-order valence-electron chi connectivity index (χ4n) is 3.65. The molecule has 7 nitrogen and oxygen atoms in total. The van der Waals surface area contributed by atoms with Crippen LogP contribution in [0.25, 0.3) is 6.08 Å². The zero-order valence-corrected chi connectivity index (χ0v) is 19.3. The molecule has 35 heavy (non-hydrogen) atoms. The van der Waals surface area contributed by atoms with Crippen LogP contribution in [-0.4, -0.2) is 23.1 Å². The van der Waals surface area contributed by atoms with Gasteiger partial charge in [0.25, 0.3) is 11.8 Å². The van der Waals surface area contributed by atoms with Gasteiger partial charge in [-0.05, 0) is 54.2 Å². The molecule has 4 N–H and O–H groups in total. The Balaban J connectivity index is 1.64. The minimum atomic E-state index is -0.619. The lowest BCUT2D eigenvalue weighted by Crippen LogP contribution is -2.41. The molecular weight excluding hydrogens is 442 g/mol. The first kappa shape index (κ1) is 25.4. The molecule has 4 amide bonds. The van der Waals surface area contributed by atoms with E-state index in [4.69, 9.17) is 5.21 Å². The van der Waals surface area contributed by atoms with Crippen LogP contribution in [0.2, 0.25) is 0 Å². The summed E-state index contributed by atoms with van der Waals surface area (Å²) in [6.07, 6.45) is 6.28. The van der Waals surface area contributed by atoms with Crippen molar-refractivity contribution in [2.24, 2.45) is 0 Å². The summed E-state index contributed by atoms with van der Waals surface area (Å²) in [6, 6.07) is 25.3. The highest BCUT2D eigenvalue weighted by Gasteiger charge is 2.17. The van der Waals surface area contributed by atoms with E-state index in [2.05, 4.69) is 22.8 Å². The Kier molecular flexibility index (Phi) is 9.77. The second-order valence-corrected chi connectivity index (χ2v) is 8.05. The highest BCUT2D eigenvalue weighted by atomic mass is 16.5. The van der Waals surface area contributed by atoms with Crippen molar-refractivity contribution in [3.05, 3.63) is 113 Å². The summed E-state index contributed by atoms with van der Waals surface area (Å²) in [5, 5.41) is 13.9. The Morgan fingerprint density at radius 1 is 0.829 bits per heavy atom. The van der Waals surface area contributed by atoms with Crippen LogP contribution in [0.4, 0.5) is 4.79 Å². The molecule has 1 unspecified atom stereocenters. The molecule has 1 atom stereocenters. The average Bonchev–Trinajstić information content (AvgIpc) is 2.90. The van der Waals surface area contributed by atoms with Crippen molar-refractivity contribution in [2.75, 3.05) is 0 Å². The smallest absolute Gasteiger partial charge is 0.322 e. The van der Waals surface area contributed by atoms with Crippen LogP contribution in [-0.2, 0) is 11.2 Å². The molecule has 3 aromatic rings. The number of urea groups is 1. The maximum Gasteiger partial charge on any atom is 0.322 e. The Morgan fingerprint density at radius 2 is 1.49 bits per heavy atom. The number of benzene rings is 3. The van der Waals surface area contributed by atoms with E-state index in [1.165, 1.54) is 11.6 Å². The van der Waals surface area contributed by atoms with Gasteiger partial charge in [0.1, 0.15) is 0 Å². The van der Waals surface area contributed by atoms with Gasteiger partial charge in [0.2, 0.25) is 0 Å². The van der Waals surface area contributed by atoms with Gasteiger partial charge in [-0.3, -0.25) is 20.1 Å². The van der Waals surface area contributed by atoms with Gasteiger partial charge < -0.3 is 5.32 Å². The largest absolute Gasteiger partial charge is 0.331 e. The summed E-state index contributed by atoms with van der Waals surface area (Å²) < 4.78 is 0. The Morgan fingerprint density at radius 3 is 2.14 bits per heavy atom. The van der Waals surface area contributed by atoms with E-state index in [-0.39, 0.29) is 6.04 Å². The Hall–Kier alpha value is -4.23. The topological polar surface area (TPSA) is 108 Å². The van der Waals surface area contributed by atoms with Crippen molar-refractivity contribution >= 4 is 23.9 Å². The summed E-state index contributed by atoms with van der Waals surface area (Å²) in [5.74, 6) is -1.08. The molecule has 7 heteroatoms. The van der Waals surface area contributed by atoms with Gasteiger partial charge in [0.05, 0.1) is 6.04 Å². The second-order valence-electron chi connectivity index (χ2n) is 8.05. The number of unbranched alkanes of at least 4 members (excludes halogenated alkanes) is 1. The standard InChI is InChI=1S/C28H29N3O4/c32-26(31-35)20-17-22-15-18-23(19-16-22)25(14-8-7-11-21-9-3-1-4-10-21)29-28(34)30-27(33)24-12-5-2-6-13-24/h1-6,9-10,12-13,15-20,25,35H,7-8,11,14H2,(H,31,32)(H2,29,30,33,34). The summed E-state index contributed by atoms with van der Waals surface area (Å²) in [7, 11) is 0. The minimum absolute atomic E-state index is 0.298. The van der Waals surface area contributed by atoms with E-state index >= 15 is 0 Å². The fraction of sp³-hybridized carbons (Fsp3) is 0.179. The van der Waals surface area contributed by atoms with Crippen molar-refractivity contribution in [3.63, 3.8) is 0 Å². The van der Waals surface area contributed by atoms with Crippen LogP contribution in [0.15, 0.2) is 91.0 Å². The highest BCUT2D eigenvalue weighted by molar-refractivity contribution is 6.04. The molecule has 0 aliphatic rings. The van der Waals surface area contributed by atoms with Crippen LogP contribution >= 0.6 is 0 Å². The lowest BCUT2D eigenvalue weighted by molar-refractivity contribution is -0.124. The molecule has 0 aromatic heterocycles. The number of aryl methyl sites for hydroxylation is 1. The van der Waals surface area contributed by atoms with Crippen LogP contribution in [0.3, 0.4) is 0 Å². The number of carbonyl (C=O) groups excluding carboxylic acids is 3. The van der Waals surface area contributed by atoms with E-state index in [0.717, 1.165) is 30.4 Å². The molecule has 0 bridgehead atoms. The first-order valence-electron chi connectivity index (χ1n) is 11.5. The monoisotopic (exact) mass is 471 g/mol. The van der Waals surface area contributed by atoms with Crippen molar-refractivity contribution in [2.45, 2.75) is 31.7 Å². The number of hydrogen-bond acceptors (Lipinski definition) is 4. The molecule has 0 fully saturated rings. The van der Waals surface area contributed by atoms with Crippen molar-refractivity contribution in [3.8, 4) is 0 Å². The van der Waals surface area contributed by atoms with Gasteiger partial charge in [-0.1, -0.05) is 79.2 Å². The zero-order chi connectivity index (χ0) is 24.9. The molecule has 0 aliphatic carbocycles. The van der Waals surface area contributed by atoms with Crippen LogP contribution in [0, 0.1) is 0 Å². The number of hydroxylamine groups is 1. The van der Waals surface area contributed by atoms with Gasteiger partial charge in [-0.25, -0.2) is 10.3 Å². The normalized spacial score (nSPS) is 11.6. The molecule has 0 heterocycles. The van der Waals surface area contributed by atoms with E-state index in [1.54, 1.807) is 41.9 Å². The van der Waals surface area contributed by atoms with E-state index in [9.17, 15) is 14.4 Å². The summed E-state index contributed by atoms with van der Waals surface area (Å²) in [5.41, 5.74) is 4.88. The lowest BCUT2D eigenvalue weighted by atomic mass is 9.98. The van der Waals surface area contributed by atoms with Crippen molar-refractivity contribution in [1.82, 2.24) is 16.1 Å². The molecular formula is C28H29N3O4. The van der Waals surface area contributed by atoms with Gasteiger partial charge >= 0.3 is 6.03 Å². The van der Waals surface area contributed by atoms with Crippen LogP contribution < -0.4 is 16.1 Å².